The fraction of sp³-hybridized carbons (Fsp3) is 0.643. The van der Waals surface area contributed by atoms with E-state index in [-0.39, 0.29) is 17.2 Å². The van der Waals surface area contributed by atoms with Crippen LogP contribution in [0.15, 0.2) is 5.38 Å². The number of piperidine rings is 1. The molecule has 3 rings (SSSR count). The van der Waals surface area contributed by atoms with Gasteiger partial charge in [0.25, 0.3) is 5.91 Å². The number of carbonyl (C=O) groups excluding carboxylic acids is 2. The standard InChI is InChI=1S/C14H19N3O2S/c1-10-15-11(8-20-10)13(19)17-5-3-14(4-6-17)7-12(18)16(2)9-14/h8H,3-7,9H2,1-2H3. The number of nitrogens with zero attached hydrogens (tertiary/aromatic N) is 3. The summed E-state index contributed by atoms with van der Waals surface area (Å²) in [6.07, 6.45) is 2.47. The molecule has 0 atom stereocenters. The number of thiazole rings is 1. The predicted octanol–water partition coefficient (Wildman–Crippen LogP) is 1.54. The summed E-state index contributed by atoms with van der Waals surface area (Å²) in [7, 11) is 1.87. The molecule has 1 aromatic rings. The maximum Gasteiger partial charge on any atom is 0.273 e. The predicted molar refractivity (Wildman–Crippen MR) is 76.7 cm³/mol. The van der Waals surface area contributed by atoms with Crippen LogP contribution < -0.4 is 0 Å². The van der Waals surface area contributed by atoms with Crippen molar-refractivity contribution in [1.82, 2.24) is 14.8 Å². The van der Waals surface area contributed by atoms with Crippen LogP contribution >= 0.6 is 11.3 Å². The Morgan fingerprint density at radius 3 is 2.60 bits per heavy atom. The second-order valence-corrected chi connectivity index (χ2v) is 7.03. The van der Waals surface area contributed by atoms with Crippen molar-refractivity contribution in [1.29, 1.82) is 0 Å². The van der Waals surface area contributed by atoms with Gasteiger partial charge >= 0.3 is 0 Å². The van der Waals surface area contributed by atoms with Gasteiger partial charge in [-0.15, -0.1) is 11.3 Å². The van der Waals surface area contributed by atoms with Crippen LogP contribution in [-0.4, -0.2) is 53.3 Å². The summed E-state index contributed by atoms with van der Waals surface area (Å²) >= 11 is 1.51. The lowest BCUT2D eigenvalue weighted by Crippen LogP contribution is -2.44. The molecule has 2 amide bonds. The molecule has 2 aliphatic heterocycles. The zero-order valence-corrected chi connectivity index (χ0v) is 12.7. The number of carbonyl (C=O) groups is 2. The molecule has 2 aliphatic rings. The van der Waals surface area contributed by atoms with Gasteiger partial charge in [0.15, 0.2) is 0 Å². The fourth-order valence-electron chi connectivity index (χ4n) is 3.25. The van der Waals surface area contributed by atoms with E-state index in [1.54, 1.807) is 0 Å². The van der Waals surface area contributed by atoms with Crippen molar-refractivity contribution in [3.8, 4) is 0 Å². The van der Waals surface area contributed by atoms with Crippen LogP contribution in [0.3, 0.4) is 0 Å². The average molecular weight is 293 g/mol. The molecular weight excluding hydrogens is 274 g/mol. The highest BCUT2D eigenvalue weighted by Crippen LogP contribution is 2.40. The lowest BCUT2D eigenvalue weighted by atomic mass is 9.77. The molecule has 0 unspecified atom stereocenters. The first kappa shape index (κ1) is 13.5. The fourth-order valence-corrected chi connectivity index (χ4v) is 3.83. The van der Waals surface area contributed by atoms with Gasteiger partial charge in [-0.1, -0.05) is 0 Å². The summed E-state index contributed by atoms with van der Waals surface area (Å²) in [4.78, 5) is 32.0. The van der Waals surface area contributed by atoms with Crippen LogP contribution in [0.5, 0.6) is 0 Å². The number of aryl methyl sites for hydroxylation is 1. The summed E-state index contributed by atoms with van der Waals surface area (Å²) in [5, 5.41) is 2.75. The van der Waals surface area contributed by atoms with Crippen LogP contribution in [-0.2, 0) is 4.79 Å². The van der Waals surface area contributed by atoms with Crippen LogP contribution in [0.25, 0.3) is 0 Å². The monoisotopic (exact) mass is 293 g/mol. The van der Waals surface area contributed by atoms with E-state index in [0.717, 1.165) is 37.5 Å². The molecule has 5 nitrogen and oxygen atoms in total. The lowest BCUT2D eigenvalue weighted by molar-refractivity contribution is -0.126. The first-order chi connectivity index (χ1) is 9.49. The largest absolute Gasteiger partial charge is 0.345 e. The summed E-state index contributed by atoms with van der Waals surface area (Å²) in [5.74, 6) is 0.266. The van der Waals surface area contributed by atoms with E-state index >= 15 is 0 Å². The van der Waals surface area contributed by atoms with Crippen molar-refractivity contribution < 1.29 is 9.59 Å². The van der Waals surface area contributed by atoms with Crippen LogP contribution in [0.4, 0.5) is 0 Å². The number of likely N-dealkylation sites (tertiary alicyclic amines) is 2. The van der Waals surface area contributed by atoms with Gasteiger partial charge in [-0.05, 0) is 19.8 Å². The van der Waals surface area contributed by atoms with E-state index in [0.29, 0.717) is 12.1 Å². The maximum atomic E-state index is 12.3. The van der Waals surface area contributed by atoms with Gasteiger partial charge in [0.2, 0.25) is 5.91 Å². The topological polar surface area (TPSA) is 53.5 Å². The van der Waals surface area contributed by atoms with Crippen molar-refractivity contribution in [2.24, 2.45) is 5.41 Å². The minimum absolute atomic E-state index is 0.0295. The molecule has 0 aliphatic carbocycles. The molecule has 108 valence electrons. The molecule has 20 heavy (non-hydrogen) atoms. The van der Waals surface area contributed by atoms with Crippen LogP contribution in [0.2, 0.25) is 0 Å². The Morgan fingerprint density at radius 2 is 2.10 bits per heavy atom. The number of amides is 2. The SMILES string of the molecule is Cc1nc(C(=O)N2CCC3(CC2)CC(=O)N(C)C3)cs1. The van der Waals surface area contributed by atoms with E-state index < -0.39 is 0 Å². The summed E-state index contributed by atoms with van der Waals surface area (Å²) in [5.41, 5.74) is 0.656. The maximum absolute atomic E-state index is 12.3. The number of rotatable bonds is 1. The highest BCUT2D eigenvalue weighted by molar-refractivity contribution is 7.09. The molecule has 2 fully saturated rings. The molecule has 6 heteroatoms. The molecule has 0 radical (unpaired) electrons. The number of hydrogen-bond acceptors (Lipinski definition) is 4. The van der Waals surface area contributed by atoms with Gasteiger partial charge in [-0.3, -0.25) is 9.59 Å². The van der Waals surface area contributed by atoms with Crippen LogP contribution in [0.1, 0.15) is 34.8 Å². The summed E-state index contributed by atoms with van der Waals surface area (Å²) < 4.78 is 0. The third kappa shape index (κ3) is 2.32. The summed E-state index contributed by atoms with van der Waals surface area (Å²) in [6, 6.07) is 0. The molecule has 1 aromatic heterocycles. The Kier molecular flexibility index (Phi) is 3.28. The summed E-state index contributed by atoms with van der Waals surface area (Å²) in [6.45, 7) is 4.21. The highest BCUT2D eigenvalue weighted by Gasteiger charge is 2.44. The van der Waals surface area contributed by atoms with E-state index in [4.69, 9.17) is 0 Å². The highest BCUT2D eigenvalue weighted by atomic mass is 32.1. The third-order valence-electron chi connectivity index (χ3n) is 4.47. The van der Waals surface area contributed by atoms with Crippen molar-refractivity contribution in [3.05, 3.63) is 16.1 Å². The Hall–Kier alpha value is -1.43. The van der Waals surface area contributed by atoms with E-state index in [9.17, 15) is 9.59 Å². The van der Waals surface area contributed by atoms with E-state index in [2.05, 4.69) is 4.98 Å². The molecule has 0 saturated carbocycles. The second kappa shape index (κ2) is 4.84. The number of aromatic nitrogens is 1. The zero-order valence-electron chi connectivity index (χ0n) is 11.9. The van der Waals surface area contributed by atoms with Gasteiger partial charge in [0, 0.05) is 43.9 Å². The Bertz CT molecular complexity index is 546. The molecule has 2 saturated heterocycles. The smallest absolute Gasteiger partial charge is 0.273 e. The van der Waals surface area contributed by atoms with Gasteiger partial charge in [0.05, 0.1) is 5.01 Å². The van der Waals surface area contributed by atoms with E-state index in [1.165, 1.54) is 11.3 Å². The molecule has 0 N–H and O–H groups in total. The van der Waals surface area contributed by atoms with Gasteiger partial charge in [-0.25, -0.2) is 4.98 Å². The molecule has 3 heterocycles. The second-order valence-electron chi connectivity index (χ2n) is 5.97. The van der Waals surface area contributed by atoms with Crippen molar-refractivity contribution in [3.63, 3.8) is 0 Å². The quantitative estimate of drug-likeness (QED) is 0.789. The Balaban J connectivity index is 1.64. The minimum atomic E-state index is 0.0295. The van der Waals surface area contributed by atoms with E-state index in [1.807, 2.05) is 29.2 Å². The minimum Gasteiger partial charge on any atom is -0.345 e. The normalized spacial score (nSPS) is 21.8. The molecule has 0 bridgehead atoms. The Morgan fingerprint density at radius 1 is 1.40 bits per heavy atom. The van der Waals surface area contributed by atoms with Gasteiger partial charge < -0.3 is 9.80 Å². The first-order valence-corrected chi connectivity index (χ1v) is 7.82. The lowest BCUT2D eigenvalue weighted by Gasteiger charge is -2.38. The van der Waals surface area contributed by atoms with Crippen molar-refractivity contribution in [2.45, 2.75) is 26.2 Å². The number of hydrogen-bond donors (Lipinski definition) is 0. The first-order valence-electron chi connectivity index (χ1n) is 6.94. The van der Waals surface area contributed by atoms with Crippen molar-refractivity contribution in [2.75, 3.05) is 26.7 Å². The third-order valence-corrected chi connectivity index (χ3v) is 5.25. The van der Waals surface area contributed by atoms with Gasteiger partial charge in [0.1, 0.15) is 5.69 Å². The molecule has 1 spiro atoms. The Labute approximate surface area is 122 Å². The average Bonchev–Trinajstić information content (AvgIpc) is 2.95. The van der Waals surface area contributed by atoms with Gasteiger partial charge in [-0.2, -0.15) is 0 Å². The van der Waals surface area contributed by atoms with Crippen molar-refractivity contribution >= 4 is 23.2 Å². The molecule has 0 aromatic carbocycles. The van der Waals surface area contributed by atoms with Crippen LogP contribution in [0, 0.1) is 12.3 Å². The molecular formula is C14H19N3O2S. The zero-order chi connectivity index (χ0) is 14.3.